The summed E-state index contributed by atoms with van der Waals surface area (Å²) < 4.78 is 10.6. The van der Waals surface area contributed by atoms with Gasteiger partial charge in [-0.15, -0.1) is 0 Å². The summed E-state index contributed by atoms with van der Waals surface area (Å²) in [5.74, 6) is 1.95. The Morgan fingerprint density at radius 2 is 2.12 bits per heavy atom. The van der Waals surface area contributed by atoms with Gasteiger partial charge in [0.25, 0.3) is 0 Å². The van der Waals surface area contributed by atoms with Crippen LogP contribution < -0.4 is 5.73 Å². The van der Waals surface area contributed by atoms with Gasteiger partial charge in [-0.05, 0) is 18.8 Å². The molecule has 2 unspecified atom stereocenters. The average molecular weight is 241 g/mol. The standard InChI is InChI=1S/C12H23N3O2/c1-5-10(16-4)11-14-12(17-15-11)9(7-13)6-8(2)3/h8-10H,5-7,13H2,1-4H3. The monoisotopic (exact) mass is 241 g/mol. The Hall–Kier alpha value is -0.940. The molecule has 17 heavy (non-hydrogen) atoms. The largest absolute Gasteiger partial charge is 0.373 e. The van der Waals surface area contributed by atoms with Crippen LogP contribution in [0.1, 0.15) is 57.3 Å². The molecular weight excluding hydrogens is 218 g/mol. The van der Waals surface area contributed by atoms with Crippen LogP contribution in [-0.2, 0) is 4.74 Å². The highest BCUT2D eigenvalue weighted by Crippen LogP contribution is 2.24. The second-order valence-corrected chi connectivity index (χ2v) is 4.69. The topological polar surface area (TPSA) is 74.2 Å². The Morgan fingerprint density at radius 3 is 2.59 bits per heavy atom. The molecule has 1 heterocycles. The molecule has 2 atom stereocenters. The van der Waals surface area contributed by atoms with E-state index in [9.17, 15) is 0 Å². The van der Waals surface area contributed by atoms with E-state index < -0.39 is 0 Å². The molecule has 0 saturated carbocycles. The van der Waals surface area contributed by atoms with Crippen molar-refractivity contribution in [1.82, 2.24) is 10.1 Å². The van der Waals surface area contributed by atoms with Gasteiger partial charge in [-0.2, -0.15) is 4.98 Å². The predicted molar refractivity (Wildman–Crippen MR) is 65.6 cm³/mol. The fourth-order valence-corrected chi connectivity index (χ4v) is 1.87. The summed E-state index contributed by atoms with van der Waals surface area (Å²) in [4.78, 5) is 4.39. The van der Waals surface area contributed by atoms with E-state index in [0.717, 1.165) is 12.8 Å². The number of aromatic nitrogens is 2. The maximum absolute atomic E-state index is 5.74. The average Bonchev–Trinajstić information content (AvgIpc) is 2.76. The Balaban J connectivity index is 2.77. The molecular formula is C12H23N3O2. The number of nitrogens with zero attached hydrogens (tertiary/aromatic N) is 2. The number of rotatable bonds is 7. The van der Waals surface area contributed by atoms with Gasteiger partial charge >= 0.3 is 0 Å². The van der Waals surface area contributed by atoms with E-state index in [-0.39, 0.29) is 12.0 Å². The fourth-order valence-electron chi connectivity index (χ4n) is 1.87. The lowest BCUT2D eigenvalue weighted by Gasteiger charge is -2.12. The Morgan fingerprint density at radius 1 is 1.41 bits per heavy atom. The molecule has 2 N–H and O–H groups in total. The molecule has 0 aliphatic heterocycles. The third-order valence-corrected chi connectivity index (χ3v) is 2.79. The number of hydrogen-bond donors (Lipinski definition) is 1. The molecule has 1 aromatic rings. The van der Waals surface area contributed by atoms with Gasteiger partial charge in [0.05, 0.1) is 5.92 Å². The third-order valence-electron chi connectivity index (χ3n) is 2.79. The first-order chi connectivity index (χ1) is 8.12. The summed E-state index contributed by atoms with van der Waals surface area (Å²) in [5.41, 5.74) is 5.74. The molecule has 1 aromatic heterocycles. The lowest BCUT2D eigenvalue weighted by Crippen LogP contribution is -2.15. The third kappa shape index (κ3) is 3.78. The smallest absolute Gasteiger partial charge is 0.231 e. The molecule has 0 aliphatic rings. The molecule has 0 bridgehead atoms. The lowest BCUT2D eigenvalue weighted by molar-refractivity contribution is 0.0903. The van der Waals surface area contributed by atoms with Crippen LogP contribution in [0.5, 0.6) is 0 Å². The maximum Gasteiger partial charge on any atom is 0.231 e. The van der Waals surface area contributed by atoms with E-state index in [1.807, 2.05) is 6.92 Å². The van der Waals surface area contributed by atoms with Crippen LogP contribution in [0.2, 0.25) is 0 Å². The quantitative estimate of drug-likeness (QED) is 0.792. The molecule has 0 amide bonds. The first-order valence-corrected chi connectivity index (χ1v) is 6.18. The van der Waals surface area contributed by atoms with E-state index in [1.165, 1.54) is 0 Å². The lowest BCUT2D eigenvalue weighted by atomic mass is 9.97. The Labute approximate surface area is 103 Å². The van der Waals surface area contributed by atoms with Crippen molar-refractivity contribution in [3.63, 3.8) is 0 Å². The van der Waals surface area contributed by atoms with Gasteiger partial charge in [-0.25, -0.2) is 0 Å². The fraction of sp³-hybridized carbons (Fsp3) is 0.833. The zero-order valence-electron chi connectivity index (χ0n) is 11.1. The van der Waals surface area contributed by atoms with Crippen molar-refractivity contribution >= 4 is 0 Å². The highest BCUT2D eigenvalue weighted by molar-refractivity contribution is 4.97. The molecule has 0 aliphatic carbocycles. The molecule has 98 valence electrons. The summed E-state index contributed by atoms with van der Waals surface area (Å²) in [6, 6.07) is 0. The Kier molecular flexibility index (Phi) is 5.58. The first-order valence-electron chi connectivity index (χ1n) is 6.18. The van der Waals surface area contributed by atoms with Crippen LogP contribution in [-0.4, -0.2) is 23.8 Å². The van der Waals surface area contributed by atoms with E-state index >= 15 is 0 Å². The molecule has 5 heteroatoms. The van der Waals surface area contributed by atoms with Gasteiger partial charge in [0.1, 0.15) is 6.10 Å². The Bertz CT molecular complexity index is 321. The SMILES string of the molecule is CCC(OC)c1noc(C(CN)CC(C)C)n1. The van der Waals surface area contributed by atoms with Crippen molar-refractivity contribution in [1.29, 1.82) is 0 Å². The van der Waals surface area contributed by atoms with Crippen molar-refractivity contribution in [3.8, 4) is 0 Å². The molecule has 0 spiro atoms. The number of ether oxygens (including phenoxy) is 1. The molecule has 0 saturated heterocycles. The van der Waals surface area contributed by atoms with Crippen molar-refractivity contribution in [2.24, 2.45) is 11.7 Å². The molecule has 0 aromatic carbocycles. The van der Waals surface area contributed by atoms with Gasteiger partial charge in [0.15, 0.2) is 0 Å². The van der Waals surface area contributed by atoms with Crippen LogP contribution >= 0.6 is 0 Å². The molecule has 1 rings (SSSR count). The molecule has 5 nitrogen and oxygen atoms in total. The highest BCUT2D eigenvalue weighted by Gasteiger charge is 2.21. The number of methoxy groups -OCH3 is 1. The zero-order chi connectivity index (χ0) is 12.8. The van der Waals surface area contributed by atoms with Crippen LogP contribution in [0.4, 0.5) is 0 Å². The minimum Gasteiger partial charge on any atom is -0.373 e. The minimum atomic E-state index is -0.0926. The van der Waals surface area contributed by atoms with Crippen LogP contribution in [0.25, 0.3) is 0 Å². The summed E-state index contributed by atoms with van der Waals surface area (Å²) in [5, 5.41) is 3.97. The van der Waals surface area contributed by atoms with E-state index in [4.69, 9.17) is 15.0 Å². The van der Waals surface area contributed by atoms with Crippen molar-refractivity contribution in [2.75, 3.05) is 13.7 Å². The van der Waals surface area contributed by atoms with Crippen LogP contribution in [0.3, 0.4) is 0 Å². The highest BCUT2D eigenvalue weighted by atomic mass is 16.5. The molecule has 0 fully saturated rings. The normalized spacial score (nSPS) is 15.2. The van der Waals surface area contributed by atoms with Crippen molar-refractivity contribution in [3.05, 3.63) is 11.7 Å². The summed E-state index contributed by atoms with van der Waals surface area (Å²) in [7, 11) is 1.65. The summed E-state index contributed by atoms with van der Waals surface area (Å²) in [6.07, 6.45) is 1.69. The minimum absolute atomic E-state index is 0.0926. The maximum atomic E-state index is 5.74. The van der Waals surface area contributed by atoms with Crippen LogP contribution in [0, 0.1) is 5.92 Å². The summed E-state index contributed by atoms with van der Waals surface area (Å²) >= 11 is 0. The molecule has 0 radical (unpaired) electrons. The van der Waals surface area contributed by atoms with Gasteiger partial charge in [0, 0.05) is 13.7 Å². The van der Waals surface area contributed by atoms with E-state index in [2.05, 4.69) is 24.0 Å². The van der Waals surface area contributed by atoms with Gasteiger partial charge in [-0.3, -0.25) is 0 Å². The van der Waals surface area contributed by atoms with Gasteiger partial charge < -0.3 is 15.0 Å². The van der Waals surface area contributed by atoms with Gasteiger partial charge in [0.2, 0.25) is 11.7 Å². The second-order valence-electron chi connectivity index (χ2n) is 4.69. The number of hydrogen-bond acceptors (Lipinski definition) is 5. The second kappa shape index (κ2) is 6.71. The number of nitrogens with two attached hydrogens (primary N) is 1. The van der Waals surface area contributed by atoms with Crippen molar-refractivity contribution in [2.45, 2.75) is 45.6 Å². The first kappa shape index (κ1) is 14.1. The van der Waals surface area contributed by atoms with Crippen molar-refractivity contribution < 1.29 is 9.26 Å². The zero-order valence-corrected chi connectivity index (χ0v) is 11.1. The van der Waals surface area contributed by atoms with E-state index in [1.54, 1.807) is 7.11 Å². The van der Waals surface area contributed by atoms with Gasteiger partial charge in [-0.1, -0.05) is 25.9 Å². The summed E-state index contributed by atoms with van der Waals surface area (Å²) in [6.45, 7) is 6.87. The van der Waals surface area contributed by atoms with E-state index in [0.29, 0.717) is 24.2 Å². The predicted octanol–water partition coefficient (Wildman–Crippen LogP) is 2.26. The van der Waals surface area contributed by atoms with Crippen LogP contribution in [0.15, 0.2) is 4.52 Å².